The minimum absolute atomic E-state index is 0.00748. The summed E-state index contributed by atoms with van der Waals surface area (Å²) < 4.78 is 5.52. The van der Waals surface area contributed by atoms with Gasteiger partial charge in [-0.1, -0.05) is 0 Å². The van der Waals surface area contributed by atoms with E-state index < -0.39 is 0 Å². The molecule has 2 heterocycles. The van der Waals surface area contributed by atoms with E-state index in [0.29, 0.717) is 6.54 Å². The zero-order valence-electron chi connectivity index (χ0n) is 13.0. The van der Waals surface area contributed by atoms with Crippen LogP contribution in [0.5, 0.6) is 0 Å². The van der Waals surface area contributed by atoms with E-state index in [4.69, 9.17) is 4.74 Å². The first-order chi connectivity index (χ1) is 10.8. The predicted molar refractivity (Wildman–Crippen MR) is 88.4 cm³/mol. The Balaban J connectivity index is 1.40. The Morgan fingerprint density at radius 3 is 2.64 bits per heavy atom. The average molecular weight is 303 g/mol. The third-order valence-corrected chi connectivity index (χ3v) is 4.30. The first-order valence-corrected chi connectivity index (χ1v) is 8.28. The van der Waals surface area contributed by atoms with Gasteiger partial charge < -0.3 is 20.3 Å². The van der Waals surface area contributed by atoms with Crippen molar-refractivity contribution in [3.63, 3.8) is 0 Å². The number of nitrogens with zero attached hydrogens (tertiary/aromatic N) is 1. The second-order valence-corrected chi connectivity index (χ2v) is 6.06. The summed E-state index contributed by atoms with van der Waals surface area (Å²) in [4.78, 5) is 14.3. The Morgan fingerprint density at radius 2 is 1.95 bits per heavy atom. The van der Waals surface area contributed by atoms with Gasteiger partial charge in [0.05, 0.1) is 12.6 Å². The fourth-order valence-electron chi connectivity index (χ4n) is 3.09. The van der Waals surface area contributed by atoms with Crippen LogP contribution in [0.15, 0.2) is 24.3 Å². The maximum absolute atomic E-state index is 11.9. The van der Waals surface area contributed by atoms with Crippen LogP contribution in [-0.2, 0) is 9.53 Å². The van der Waals surface area contributed by atoms with Crippen molar-refractivity contribution in [3.8, 4) is 0 Å². The van der Waals surface area contributed by atoms with E-state index in [9.17, 15) is 4.79 Å². The third kappa shape index (κ3) is 4.21. The maximum Gasteiger partial charge on any atom is 0.238 e. The summed E-state index contributed by atoms with van der Waals surface area (Å²) in [6.45, 7) is 4.20. The molecule has 2 aliphatic heterocycles. The monoisotopic (exact) mass is 303 g/mol. The van der Waals surface area contributed by atoms with Gasteiger partial charge in [-0.2, -0.15) is 0 Å². The highest BCUT2D eigenvalue weighted by molar-refractivity contribution is 5.92. The number of nitrogens with one attached hydrogen (secondary N) is 2. The normalized spacial score (nSPS) is 21.3. The molecule has 5 heteroatoms. The second kappa shape index (κ2) is 7.61. The molecular weight excluding hydrogens is 278 g/mol. The lowest BCUT2D eigenvalue weighted by Gasteiger charge is -2.17. The SMILES string of the molecule is O=C(CNCC1CCCO1)Nc1ccc(N2CCCC2)cc1. The van der Waals surface area contributed by atoms with Crippen molar-refractivity contribution >= 4 is 17.3 Å². The van der Waals surface area contributed by atoms with Gasteiger partial charge in [-0.3, -0.25) is 4.79 Å². The van der Waals surface area contributed by atoms with Crippen molar-refractivity contribution in [1.29, 1.82) is 0 Å². The van der Waals surface area contributed by atoms with Crippen molar-refractivity contribution in [2.24, 2.45) is 0 Å². The van der Waals surface area contributed by atoms with Gasteiger partial charge in [-0.15, -0.1) is 0 Å². The summed E-state index contributed by atoms with van der Waals surface area (Å²) in [6.07, 6.45) is 5.03. The van der Waals surface area contributed by atoms with Gasteiger partial charge in [-0.25, -0.2) is 0 Å². The zero-order valence-corrected chi connectivity index (χ0v) is 13.0. The lowest BCUT2D eigenvalue weighted by molar-refractivity contribution is -0.115. The van der Waals surface area contributed by atoms with E-state index in [1.165, 1.54) is 18.5 Å². The Labute approximate surface area is 132 Å². The standard InChI is InChI=1S/C17H25N3O2/c21-17(13-18-12-16-4-3-11-22-16)19-14-5-7-15(8-6-14)20-9-1-2-10-20/h5-8,16,18H,1-4,9-13H2,(H,19,21). The molecule has 2 saturated heterocycles. The molecule has 1 aromatic carbocycles. The molecule has 0 radical (unpaired) electrons. The molecule has 22 heavy (non-hydrogen) atoms. The number of rotatable bonds is 6. The minimum Gasteiger partial charge on any atom is -0.377 e. The molecule has 2 aliphatic rings. The molecule has 5 nitrogen and oxygen atoms in total. The Morgan fingerprint density at radius 1 is 1.18 bits per heavy atom. The predicted octanol–water partition coefficient (Wildman–Crippen LogP) is 1.99. The quantitative estimate of drug-likeness (QED) is 0.844. The van der Waals surface area contributed by atoms with E-state index in [-0.39, 0.29) is 12.0 Å². The lowest BCUT2D eigenvalue weighted by Crippen LogP contribution is -2.33. The topological polar surface area (TPSA) is 53.6 Å². The van der Waals surface area contributed by atoms with Crippen molar-refractivity contribution in [2.75, 3.05) is 43.0 Å². The Bertz CT molecular complexity index is 477. The summed E-state index contributed by atoms with van der Waals surface area (Å²) in [6, 6.07) is 8.12. The molecule has 1 aromatic rings. The summed E-state index contributed by atoms with van der Waals surface area (Å²) >= 11 is 0. The number of hydrogen-bond donors (Lipinski definition) is 2. The van der Waals surface area contributed by atoms with Crippen LogP contribution in [0.3, 0.4) is 0 Å². The molecule has 1 unspecified atom stereocenters. The average Bonchev–Trinajstić information content (AvgIpc) is 3.21. The van der Waals surface area contributed by atoms with E-state index in [1.54, 1.807) is 0 Å². The molecular formula is C17H25N3O2. The third-order valence-electron chi connectivity index (χ3n) is 4.30. The lowest BCUT2D eigenvalue weighted by atomic mass is 10.2. The van der Waals surface area contributed by atoms with E-state index in [0.717, 1.165) is 44.8 Å². The van der Waals surface area contributed by atoms with Crippen LogP contribution in [0.1, 0.15) is 25.7 Å². The van der Waals surface area contributed by atoms with Crippen molar-refractivity contribution in [1.82, 2.24) is 5.32 Å². The molecule has 1 amide bonds. The van der Waals surface area contributed by atoms with Crippen LogP contribution >= 0.6 is 0 Å². The smallest absolute Gasteiger partial charge is 0.238 e. The van der Waals surface area contributed by atoms with Crippen LogP contribution in [-0.4, -0.2) is 44.8 Å². The van der Waals surface area contributed by atoms with Gasteiger partial charge in [0.2, 0.25) is 5.91 Å². The molecule has 2 fully saturated rings. The van der Waals surface area contributed by atoms with Gasteiger partial charge in [-0.05, 0) is 49.9 Å². The molecule has 0 spiro atoms. The maximum atomic E-state index is 11.9. The first-order valence-electron chi connectivity index (χ1n) is 8.28. The highest BCUT2D eigenvalue weighted by Crippen LogP contribution is 2.21. The number of amides is 1. The molecule has 0 aromatic heterocycles. The Kier molecular flexibility index (Phi) is 5.29. The summed E-state index contributed by atoms with van der Waals surface area (Å²) in [5.41, 5.74) is 2.10. The minimum atomic E-state index is -0.00748. The number of carbonyl (C=O) groups excluding carboxylic acids is 1. The molecule has 3 rings (SSSR count). The van der Waals surface area contributed by atoms with Gasteiger partial charge in [0.15, 0.2) is 0 Å². The highest BCUT2D eigenvalue weighted by Gasteiger charge is 2.15. The van der Waals surface area contributed by atoms with Gasteiger partial charge >= 0.3 is 0 Å². The molecule has 0 aliphatic carbocycles. The molecule has 0 saturated carbocycles. The first kappa shape index (κ1) is 15.3. The largest absolute Gasteiger partial charge is 0.377 e. The van der Waals surface area contributed by atoms with Crippen LogP contribution in [0.2, 0.25) is 0 Å². The number of anilines is 2. The molecule has 120 valence electrons. The molecule has 2 N–H and O–H groups in total. The van der Waals surface area contributed by atoms with Crippen LogP contribution in [0, 0.1) is 0 Å². The summed E-state index contributed by atoms with van der Waals surface area (Å²) in [7, 11) is 0. The second-order valence-electron chi connectivity index (χ2n) is 6.06. The molecule has 0 bridgehead atoms. The van der Waals surface area contributed by atoms with Crippen molar-refractivity contribution in [3.05, 3.63) is 24.3 Å². The van der Waals surface area contributed by atoms with Crippen LogP contribution in [0.25, 0.3) is 0 Å². The zero-order chi connectivity index (χ0) is 15.2. The summed E-state index contributed by atoms with van der Waals surface area (Å²) in [5.74, 6) is -0.00748. The highest BCUT2D eigenvalue weighted by atomic mass is 16.5. The van der Waals surface area contributed by atoms with Gasteiger partial charge in [0, 0.05) is 37.6 Å². The fraction of sp³-hybridized carbons (Fsp3) is 0.588. The summed E-state index contributed by atoms with van der Waals surface area (Å²) in [5, 5.41) is 6.08. The van der Waals surface area contributed by atoms with Crippen LogP contribution < -0.4 is 15.5 Å². The number of carbonyl (C=O) groups is 1. The van der Waals surface area contributed by atoms with Crippen LogP contribution in [0.4, 0.5) is 11.4 Å². The van der Waals surface area contributed by atoms with E-state index >= 15 is 0 Å². The van der Waals surface area contributed by atoms with Crippen molar-refractivity contribution in [2.45, 2.75) is 31.8 Å². The van der Waals surface area contributed by atoms with Gasteiger partial charge in [0.1, 0.15) is 0 Å². The van der Waals surface area contributed by atoms with Gasteiger partial charge in [0.25, 0.3) is 0 Å². The fourth-order valence-corrected chi connectivity index (χ4v) is 3.09. The van der Waals surface area contributed by atoms with Crippen molar-refractivity contribution < 1.29 is 9.53 Å². The molecule has 1 atom stereocenters. The Hall–Kier alpha value is -1.59. The number of hydrogen-bond acceptors (Lipinski definition) is 4. The number of benzene rings is 1. The number of ether oxygens (including phenoxy) is 1. The van der Waals surface area contributed by atoms with E-state index in [2.05, 4.69) is 27.7 Å². The van der Waals surface area contributed by atoms with E-state index in [1.807, 2.05) is 12.1 Å².